The van der Waals surface area contributed by atoms with Crippen LogP contribution in [0.4, 0.5) is 0 Å². The largest absolute Gasteiger partial charge is 0.478 e. The number of para-hydroxylation sites is 1. The van der Waals surface area contributed by atoms with E-state index in [-0.39, 0.29) is 17.9 Å². The van der Waals surface area contributed by atoms with Crippen molar-refractivity contribution in [2.45, 2.75) is 51.5 Å². The average Bonchev–Trinajstić information content (AvgIpc) is 3.01. The van der Waals surface area contributed by atoms with E-state index in [9.17, 15) is 9.90 Å². The number of unbranched alkanes of at least 4 members (excludes halogenated alkanes) is 1. The maximum absolute atomic E-state index is 11.7. The van der Waals surface area contributed by atoms with Gasteiger partial charge in [-0.2, -0.15) is 0 Å². The van der Waals surface area contributed by atoms with Crippen LogP contribution in [-0.2, 0) is 5.54 Å². The molecule has 4 nitrogen and oxygen atoms in total. The molecule has 1 fully saturated rings. The van der Waals surface area contributed by atoms with Gasteiger partial charge in [-0.3, -0.25) is 0 Å². The van der Waals surface area contributed by atoms with Crippen molar-refractivity contribution < 1.29 is 9.90 Å². The van der Waals surface area contributed by atoms with Crippen LogP contribution in [0.5, 0.6) is 0 Å². The zero-order valence-electron chi connectivity index (χ0n) is 15.1. The molecule has 0 radical (unpaired) electrons. The van der Waals surface area contributed by atoms with Crippen LogP contribution >= 0.6 is 12.4 Å². The van der Waals surface area contributed by atoms with E-state index in [4.69, 9.17) is 0 Å². The summed E-state index contributed by atoms with van der Waals surface area (Å²) >= 11 is 0. The van der Waals surface area contributed by atoms with Crippen molar-refractivity contribution in [2.24, 2.45) is 5.92 Å². The highest BCUT2D eigenvalue weighted by Crippen LogP contribution is 2.39. The maximum atomic E-state index is 11.7. The van der Waals surface area contributed by atoms with Crippen LogP contribution in [0.3, 0.4) is 0 Å². The fraction of sp³-hybridized carbons (Fsp3) is 0.550. The summed E-state index contributed by atoms with van der Waals surface area (Å²) in [5.74, 6) is -0.320. The number of rotatable bonds is 6. The van der Waals surface area contributed by atoms with Crippen molar-refractivity contribution in [2.75, 3.05) is 13.1 Å². The number of carboxylic acids is 1. The van der Waals surface area contributed by atoms with Crippen LogP contribution in [0.15, 0.2) is 30.5 Å². The number of hydrogen-bond donors (Lipinski definition) is 2. The Morgan fingerprint density at radius 1 is 1.40 bits per heavy atom. The second-order valence-electron chi connectivity index (χ2n) is 7.24. The minimum Gasteiger partial charge on any atom is -0.478 e. The van der Waals surface area contributed by atoms with Gasteiger partial charge in [-0.25, -0.2) is 4.79 Å². The zero-order valence-corrected chi connectivity index (χ0v) is 15.9. The first-order valence-electron chi connectivity index (χ1n) is 9.12. The lowest BCUT2D eigenvalue weighted by atomic mass is 9.77. The highest BCUT2D eigenvalue weighted by molar-refractivity contribution is 6.03. The van der Waals surface area contributed by atoms with Gasteiger partial charge in [0, 0.05) is 29.2 Å². The first-order chi connectivity index (χ1) is 11.6. The van der Waals surface area contributed by atoms with Crippen molar-refractivity contribution >= 4 is 29.3 Å². The van der Waals surface area contributed by atoms with Crippen molar-refractivity contribution in [1.29, 1.82) is 0 Å². The minimum atomic E-state index is -0.843. The van der Waals surface area contributed by atoms with Gasteiger partial charge in [-0.05, 0) is 44.7 Å². The molecule has 1 saturated heterocycles. The molecule has 3 rings (SSSR count). The fourth-order valence-electron chi connectivity index (χ4n) is 4.21. The van der Waals surface area contributed by atoms with Gasteiger partial charge >= 0.3 is 5.97 Å². The van der Waals surface area contributed by atoms with E-state index in [0.29, 0.717) is 11.5 Å². The Morgan fingerprint density at radius 2 is 2.16 bits per heavy atom. The lowest BCUT2D eigenvalue weighted by Gasteiger charge is -2.42. The second-order valence-corrected chi connectivity index (χ2v) is 7.24. The van der Waals surface area contributed by atoms with E-state index in [1.165, 1.54) is 12.8 Å². The summed E-state index contributed by atoms with van der Waals surface area (Å²) in [4.78, 5) is 11.7. The number of carbonyl (C=O) groups is 1. The van der Waals surface area contributed by atoms with Gasteiger partial charge in [0.1, 0.15) is 0 Å². The number of fused-ring (bicyclic) bond motifs is 1. The normalized spacial score (nSPS) is 20.0. The highest BCUT2D eigenvalue weighted by Gasteiger charge is 2.37. The molecule has 2 atom stereocenters. The predicted molar refractivity (Wildman–Crippen MR) is 105 cm³/mol. The smallest absolute Gasteiger partial charge is 0.337 e. The summed E-state index contributed by atoms with van der Waals surface area (Å²) in [6.07, 6.45) is 7.65. The number of halogens is 1. The average molecular weight is 365 g/mol. The number of piperidine rings is 1. The second kappa shape index (κ2) is 8.24. The Balaban J connectivity index is 0.00000225. The third-order valence-electron chi connectivity index (χ3n) is 5.71. The highest BCUT2D eigenvalue weighted by atomic mass is 35.5. The van der Waals surface area contributed by atoms with Crippen molar-refractivity contribution in [3.05, 3.63) is 36.0 Å². The van der Waals surface area contributed by atoms with Crippen LogP contribution in [-0.4, -0.2) is 28.7 Å². The van der Waals surface area contributed by atoms with Gasteiger partial charge in [0.05, 0.1) is 5.56 Å². The van der Waals surface area contributed by atoms with Crippen LogP contribution in [0.1, 0.15) is 56.3 Å². The van der Waals surface area contributed by atoms with E-state index in [1.807, 2.05) is 24.4 Å². The number of carboxylic acid groups (broad SMARTS) is 1. The molecule has 1 aromatic heterocycles. The number of nitrogens with one attached hydrogen (secondary N) is 1. The first-order valence-corrected chi connectivity index (χ1v) is 9.12. The monoisotopic (exact) mass is 364 g/mol. The summed E-state index contributed by atoms with van der Waals surface area (Å²) in [5.41, 5.74) is 1.40. The SMILES string of the molecule is CCCCC(C)(C1CCCNC1)n1cc(C(=O)O)c2ccccc21.Cl. The van der Waals surface area contributed by atoms with Crippen molar-refractivity contribution in [3.8, 4) is 0 Å². The van der Waals surface area contributed by atoms with E-state index in [2.05, 4.69) is 29.8 Å². The molecule has 2 heterocycles. The molecule has 2 aromatic rings. The third-order valence-corrected chi connectivity index (χ3v) is 5.71. The quantitative estimate of drug-likeness (QED) is 0.783. The van der Waals surface area contributed by atoms with Gasteiger partial charge in [-0.15, -0.1) is 12.4 Å². The molecular weight excluding hydrogens is 336 g/mol. The molecule has 138 valence electrons. The topological polar surface area (TPSA) is 54.3 Å². The number of hydrogen-bond acceptors (Lipinski definition) is 2. The van der Waals surface area contributed by atoms with Crippen molar-refractivity contribution in [3.63, 3.8) is 0 Å². The molecule has 0 saturated carbocycles. The lowest BCUT2D eigenvalue weighted by molar-refractivity contribution is 0.0697. The Labute approximate surface area is 156 Å². The van der Waals surface area contributed by atoms with Crippen LogP contribution < -0.4 is 5.32 Å². The molecule has 1 aromatic carbocycles. The molecule has 0 amide bonds. The minimum absolute atomic E-state index is 0. The molecule has 2 N–H and O–H groups in total. The Morgan fingerprint density at radius 3 is 2.80 bits per heavy atom. The fourth-order valence-corrected chi connectivity index (χ4v) is 4.21. The van der Waals surface area contributed by atoms with E-state index in [1.54, 1.807) is 0 Å². The standard InChI is InChI=1S/C20H28N2O2.ClH/c1-3-4-11-20(2,15-8-7-12-21-13-15)22-14-17(19(23)24)16-9-5-6-10-18(16)22;/h5-6,9-10,14-15,21H,3-4,7-8,11-13H2,1-2H3,(H,23,24);1H. The van der Waals surface area contributed by atoms with Gasteiger partial charge in [-0.1, -0.05) is 38.0 Å². The molecular formula is C20H29ClN2O2. The van der Waals surface area contributed by atoms with E-state index in [0.717, 1.165) is 43.3 Å². The van der Waals surface area contributed by atoms with E-state index >= 15 is 0 Å². The zero-order chi connectivity index (χ0) is 17.2. The molecule has 5 heteroatoms. The lowest BCUT2D eigenvalue weighted by Crippen LogP contribution is -2.46. The molecule has 1 aliphatic rings. The number of aromatic nitrogens is 1. The van der Waals surface area contributed by atoms with Crippen LogP contribution in [0, 0.1) is 5.92 Å². The van der Waals surface area contributed by atoms with E-state index < -0.39 is 5.97 Å². The molecule has 0 aliphatic carbocycles. The summed E-state index contributed by atoms with van der Waals surface area (Å²) in [6, 6.07) is 7.91. The maximum Gasteiger partial charge on any atom is 0.337 e. The summed E-state index contributed by atoms with van der Waals surface area (Å²) in [5, 5.41) is 14.0. The van der Waals surface area contributed by atoms with Crippen molar-refractivity contribution in [1.82, 2.24) is 9.88 Å². The van der Waals surface area contributed by atoms with Gasteiger partial charge in [0.25, 0.3) is 0 Å². The molecule has 1 aliphatic heterocycles. The number of benzene rings is 1. The molecule has 0 bridgehead atoms. The summed E-state index contributed by atoms with van der Waals surface area (Å²) in [7, 11) is 0. The first kappa shape index (κ1) is 19.8. The third kappa shape index (κ3) is 3.70. The Hall–Kier alpha value is -1.52. The molecule has 2 unspecified atom stereocenters. The van der Waals surface area contributed by atoms with Crippen LogP contribution in [0.25, 0.3) is 10.9 Å². The Bertz CT molecular complexity index is 722. The summed E-state index contributed by atoms with van der Waals surface area (Å²) < 4.78 is 2.26. The number of nitrogens with zero attached hydrogens (tertiary/aromatic N) is 1. The summed E-state index contributed by atoms with van der Waals surface area (Å²) in [6.45, 7) is 6.64. The Kier molecular flexibility index (Phi) is 6.53. The van der Waals surface area contributed by atoms with Gasteiger partial charge in [0.15, 0.2) is 0 Å². The molecule has 25 heavy (non-hydrogen) atoms. The predicted octanol–water partition coefficient (Wildman–Crippen LogP) is 4.67. The van der Waals surface area contributed by atoms with Gasteiger partial charge < -0.3 is 15.0 Å². The number of aromatic carboxylic acids is 1. The van der Waals surface area contributed by atoms with Gasteiger partial charge in [0.2, 0.25) is 0 Å². The van der Waals surface area contributed by atoms with Crippen LogP contribution in [0.2, 0.25) is 0 Å². The molecule has 0 spiro atoms.